The predicted octanol–water partition coefficient (Wildman–Crippen LogP) is 2.06. The van der Waals surface area contributed by atoms with Crippen LogP contribution in [0.15, 0.2) is 0 Å². The van der Waals surface area contributed by atoms with Gasteiger partial charge in [0.05, 0.1) is 0 Å². The van der Waals surface area contributed by atoms with E-state index < -0.39 is 0 Å². The Labute approximate surface area is 99.2 Å². The van der Waals surface area contributed by atoms with Crippen LogP contribution in [0, 0.1) is 5.92 Å². The van der Waals surface area contributed by atoms with E-state index in [2.05, 4.69) is 49.8 Å². The van der Waals surface area contributed by atoms with Gasteiger partial charge in [-0.25, -0.2) is 0 Å². The molecule has 0 saturated carbocycles. The van der Waals surface area contributed by atoms with Gasteiger partial charge in [0.25, 0.3) is 0 Å². The molecule has 1 aliphatic heterocycles. The van der Waals surface area contributed by atoms with Gasteiger partial charge in [0.2, 0.25) is 0 Å². The molecule has 1 N–H and O–H groups in total. The van der Waals surface area contributed by atoms with Gasteiger partial charge in [-0.3, -0.25) is 0 Å². The molecule has 0 aromatic heterocycles. The monoisotopic (exact) mass is 230 g/mol. The maximum Gasteiger partial charge on any atom is 0.0170 e. The van der Waals surface area contributed by atoms with Crippen molar-refractivity contribution in [1.29, 1.82) is 0 Å². The zero-order valence-corrected chi connectivity index (χ0v) is 11.4. The van der Waals surface area contributed by atoms with Gasteiger partial charge in [-0.1, -0.05) is 13.8 Å². The van der Waals surface area contributed by atoms with Gasteiger partial charge in [0.15, 0.2) is 0 Å². The van der Waals surface area contributed by atoms with E-state index in [-0.39, 0.29) is 0 Å². The number of hydrogen-bond acceptors (Lipinski definition) is 3. The highest BCUT2D eigenvalue weighted by atomic mass is 32.2. The number of nitrogens with one attached hydrogen (secondary N) is 1. The molecule has 1 fully saturated rings. The van der Waals surface area contributed by atoms with Gasteiger partial charge < -0.3 is 10.2 Å². The molecule has 0 spiro atoms. The lowest BCUT2D eigenvalue weighted by atomic mass is 10.0. The van der Waals surface area contributed by atoms with Crippen LogP contribution in [-0.4, -0.2) is 48.6 Å². The zero-order valence-electron chi connectivity index (χ0n) is 10.6. The summed E-state index contributed by atoms with van der Waals surface area (Å²) in [5, 5.41) is 3.60. The van der Waals surface area contributed by atoms with Crippen LogP contribution in [-0.2, 0) is 0 Å². The summed E-state index contributed by atoms with van der Waals surface area (Å²) < 4.78 is 0. The lowest BCUT2D eigenvalue weighted by Crippen LogP contribution is -2.41. The molecule has 2 unspecified atom stereocenters. The molecular formula is C12H26N2S. The van der Waals surface area contributed by atoms with Crippen LogP contribution in [0.1, 0.15) is 27.2 Å². The van der Waals surface area contributed by atoms with Gasteiger partial charge in [-0.05, 0) is 32.9 Å². The third-order valence-corrected chi connectivity index (χ3v) is 4.62. The number of rotatable bonds is 5. The van der Waals surface area contributed by atoms with Gasteiger partial charge in [0.1, 0.15) is 0 Å². The molecule has 15 heavy (non-hydrogen) atoms. The van der Waals surface area contributed by atoms with Crippen molar-refractivity contribution in [3.63, 3.8) is 0 Å². The Hall–Kier alpha value is 0.270. The average molecular weight is 230 g/mol. The van der Waals surface area contributed by atoms with E-state index in [9.17, 15) is 0 Å². The molecule has 0 aromatic carbocycles. The first kappa shape index (κ1) is 13.3. The lowest BCUT2D eigenvalue weighted by Gasteiger charge is -2.30. The fraction of sp³-hybridized carbons (Fsp3) is 1.00. The molecule has 0 bridgehead atoms. The van der Waals surface area contributed by atoms with Crippen LogP contribution in [0.4, 0.5) is 0 Å². The largest absolute Gasteiger partial charge is 0.312 e. The Balaban J connectivity index is 2.17. The van der Waals surface area contributed by atoms with E-state index in [1.165, 1.54) is 31.0 Å². The Kier molecular flexibility index (Phi) is 6.02. The summed E-state index contributed by atoms with van der Waals surface area (Å²) >= 11 is 2.09. The van der Waals surface area contributed by atoms with E-state index in [4.69, 9.17) is 0 Å². The molecule has 1 heterocycles. The maximum absolute atomic E-state index is 3.60. The van der Waals surface area contributed by atoms with E-state index in [1.54, 1.807) is 0 Å². The minimum atomic E-state index is 0.696. The SMILES string of the molecule is CC(C)C(C)N(C)CCC1CSCCN1. The van der Waals surface area contributed by atoms with E-state index in [0.717, 1.165) is 12.0 Å². The minimum Gasteiger partial charge on any atom is -0.312 e. The minimum absolute atomic E-state index is 0.696. The molecule has 0 aromatic rings. The predicted molar refractivity (Wildman–Crippen MR) is 70.7 cm³/mol. The molecule has 2 atom stereocenters. The topological polar surface area (TPSA) is 15.3 Å². The highest BCUT2D eigenvalue weighted by molar-refractivity contribution is 7.99. The zero-order chi connectivity index (χ0) is 11.3. The average Bonchev–Trinajstić information content (AvgIpc) is 2.26. The Morgan fingerprint density at radius 1 is 1.40 bits per heavy atom. The summed E-state index contributed by atoms with van der Waals surface area (Å²) in [6.07, 6.45) is 1.29. The molecule has 0 radical (unpaired) electrons. The number of hydrogen-bond donors (Lipinski definition) is 1. The maximum atomic E-state index is 3.60. The molecule has 0 aliphatic carbocycles. The van der Waals surface area contributed by atoms with Crippen LogP contribution in [0.5, 0.6) is 0 Å². The third-order valence-electron chi connectivity index (χ3n) is 3.49. The van der Waals surface area contributed by atoms with Crippen molar-refractivity contribution in [2.24, 2.45) is 5.92 Å². The summed E-state index contributed by atoms with van der Waals surface area (Å²) in [5.41, 5.74) is 0. The van der Waals surface area contributed by atoms with Gasteiger partial charge in [-0.2, -0.15) is 11.8 Å². The van der Waals surface area contributed by atoms with Gasteiger partial charge in [0, 0.05) is 30.1 Å². The highest BCUT2D eigenvalue weighted by Crippen LogP contribution is 2.13. The van der Waals surface area contributed by atoms with Crippen molar-refractivity contribution >= 4 is 11.8 Å². The van der Waals surface area contributed by atoms with Crippen molar-refractivity contribution in [1.82, 2.24) is 10.2 Å². The molecule has 1 saturated heterocycles. The standard InChI is InChI=1S/C12H26N2S/c1-10(2)11(3)14(4)7-5-12-9-15-8-6-13-12/h10-13H,5-9H2,1-4H3. The molecule has 0 amide bonds. The highest BCUT2D eigenvalue weighted by Gasteiger charge is 2.16. The Bertz CT molecular complexity index is 167. The first-order valence-electron chi connectivity index (χ1n) is 6.12. The normalized spacial score (nSPS) is 24.8. The number of thioether (sulfide) groups is 1. The van der Waals surface area contributed by atoms with Crippen molar-refractivity contribution in [2.45, 2.75) is 39.3 Å². The van der Waals surface area contributed by atoms with Crippen molar-refractivity contribution in [3.8, 4) is 0 Å². The third kappa shape index (κ3) is 4.75. The van der Waals surface area contributed by atoms with Crippen molar-refractivity contribution < 1.29 is 0 Å². The first-order chi connectivity index (χ1) is 7.11. The molecule has 1 aliphatic rings. The molecule has 3 heteroatoms. The second-order valence-electron chi connectivity index (χ2n) is 4.98. The Morgan fingerprint density at radius 2 is 2.13 bits per heavy atom. The molecule has 1 rings (SSSR count). The van der Waals surface area contributed by atoms with E-state index in [0.29, 0.717) is 6.04 Å². The summed E-state index contributed by atoms with van der Waals surface area (Å²) in [4.78, 5) is 2.49. The second-order valence-corrected chi connectivity index (χ2v) is 6.13. The van der Waals surface area contributed by atoms with Crippen LogP contribution in [0.3, 0.4) is 0 Å². The quantitative estimate of drug-likeness (QED) is 0.778. The summed E-state index contributed by atoms with van der Waals surface area (Å²) in [6, 6.07) is 1.44. The van der Waals surface area contributed by atoms with Crippen LogP contribution in [0.2, 0.25) is 0 Å². The fourth-order valence-corrected chi connectivity index (χ4v) is 2.88. The van der Waals surface area contributed by atoms with Crippen LogP contribution in [0.25, 0.3) is 0 Å². The van der Waals surface area contributed by atoms with Crippen molar-refractivity contribution in [2.75, 3.05) is 31.6 Å². The first-order valence-corrected chi connectivity index (χ1v) is 7.28. The smallest absolute Gasteiger partial charge is 0.0170 e. The van der Waals surface area contributed by atoms with Gasteiger partial charge >= 0.3 is 0 Å². The van der Waals surface area contributed by atoms with E-state index in [1.807, 2.05) is 0 Å². The molecule has 2 nitrogen and oxygen atoms in total. The molecule has 90 valence electrons. The Morgan fingerprint density at radius 3 is 2.67 bits per heavy atom. The van der Waals surface area contributed by atoms with Crippen LogP contribution >= 0.6 is 11.8 Å². The van der Waals surface area contributed by atoms with Crippen molar-refractivity contribution in [3.05, 3.63) is 0 Å². The summed E-state index contributed by atoms with van der Waals surface area (Å²) in [5.74, 6) is 3.34. The second kappa shape index (κ2) is 6.77. The van der Waals surface area contributed by atoms with Crippen LogP contribution < -0.4 is 5.32 Å². The summed E-state index contributed by atoms with van der Waals surface area (Å²) in [7, 11) is 2.25. The summed E-state index contributed by atoms with van der Waals surface area (Å²) in [6.45, 7) is 9.34. The molecular weight excluding hydrogens is 204 g/mol. The fourth-order valence-electron chi connectivity index (χ4n) is 1.88. The van der Waals surface area contributed by atoms with E-state index >= 15 is 0 Å². The number of nitrogens with zero attached hydrogens (tertiary/aromatic N) is 1. The lowest BCUT2D eigenvalue weighted by molar-refractivity contribution is 0.200. The van der Waals surface area contributed by atoms with Gasteiger partial charge in [-0.15, -0.1) is 0 Å².